The molecule has 0 unspecified atom stereocenters. The summed E-state index contributed by atoms with van der Waals surface area (Å²) >= 11 is 0. The van der Waals surface area contributed by atoms with Crippen LogP contribution in [0.1, 0.15) is 13.8 Å². The molecule has 0 aliphatic rings. The van der Waals surface area contributed by atoms with Crippen molar-refractivity contribution in [1.29, 1.82) is 0 Å². The van der Waals surface area contributed by atoms with Gasteiger partial charge in [0.1, 0.15) is 0 Å². The van der Waals surface area contributed by atoms with Crippen LogP contribution >= 0.6 is 0 Å². The molecule has 8 nitrogen and oxygen atoms in total. The van der Waals surface area contributed by atoms with E-state index < -0.39 is 0 Å². The van der Waals surface area contributed by atoms with Crippen molar-refractivity contribution in [2.24, 2.45) is 0 Å². The van der Waals surface area contributed by atoms with Gasteiger partial charge >= 0.3 is 5.97 Å². The largest absolute Gasteiger partial charge is 0.466 e. The van der Waals surface area contributed by atoms with E-state index in [-0.39, 0.29) is 58.3 Å². The van der Waals surface area contributed by atoms with Crippen molar-refractivity contribution >= 4 is 5.97 Å². The van der Waals surface area contributed by atoms with Crippen LogP contribution in [0.5, 0.6) is 0 Å². The fourth-order valence-corrected chi connectivity index (χ4v) is 0.203. The first-order valence-electron chi connectivity index (χ1n) is 1.90. The summed E-state index contributed by atoms with van der Waals surface area (Å²) in [6.45, 7) is 3.65. The van der Waals surface area contributed by atoms with Gasteiger partial charge in [-0.1, -0.05) is 0 Å². The van der Waals surface area contributed by atoms with Gasteiger partial charge in [0, 0.05) is 26.4 Å². The molecule has 0 aliphatic heterocycles. The van der Waals surface area contributed by atoms with Crippen molar-refractivity contribution in [2.45, 2.75) is 13.8 Å². The zero-order valence-corrected chi connectivity index (χ0v) is 10.7. The molecule has 0 saturated heterocycles. The van der Waals surface area contributed by atoms with Gasteiger partial charge in [-0.05, 0) is 6.92 Å². The van der Waals surface area contributed by atoms with Crippen molar-refractivity contribution in [3.8, 4) is 0 Å². The average molecular weight is 262 g/mol. The first-order valence-corrected chi connectivity index (χ1v) is 1.90. The van der Waals surface area contributed by atoms with E-state index in [1.54, 1.807) is 6.92 Å². The molecule has 0 aliphatic carbocycles. The third-order valence-electron chi connectivity index (χ3n) is 0.348. The molecule has 0 aromatic rings. The minimum atomic E-state index is -0.211. The van der Waals surface area contributed by atoms with Crippen LogP contribution in [-0.2, 0) is 29.0 Å². The molecule has 0 amide bonds. The molecule has 0 atom stereocenters. The zero-order valence-electron chi connectivity index (χ0n) is 7.73. The summed E-state index contributed by atoms with van der Waals surface area (Å²) in [6.07, 6.45) is 0. The molecule has 0 rings (SSSR count). The van der Waals surface area contributed by atoms with Crippen molar-refractivity contribution < 1.29 is 61.9 Å². The summed E-state index contributed by atoms with van der Waals surface area (Å²) in [4.78, 5) is 9.82. The molecule has 0 bridgehead atoms. The van der Waals surface area contributed by atoms with Gasteiger partial charge in [-0.25, -0.2) is 0 Å². The number of rotatable bonds is 1. The summed E-state index contributed by atoms with van der Waals surface area (Å²) in [5.74, 6) is -0.211. The monoisotopic (exact) mass is 260 g/mol. The standard InChI is InChI=1S/C4H8O2.6H2O.Zn/c1-3-6-4(2)5;;;;;;;/h3H2,1-2H3;6*1H2;. The fraction of sp³-hybridized carbons (Fsp3) is 0.750. The van der Waals surface area contributed by atoms with Gasteiger partial charge < -0.3 is 37.6 Å². The van der Waals surface area contributed by atoms with Crippen LogP contribution in [0.15, 0.2) is 0 Å². The maximum absolute atomic E-state index is 9.82. The minimum absolute atomic E-state index is 0. The number of hydrogen-bond acceptors (Lipinski definition) is 2. The van der Waals surface area contributed by atoms with Gasteiger partial charge in [0.15, 0.2) is 0 Å². The van der Waals surface area contributed by atoms with Crippen molar-refractivity contribution in [1.82, 2.24) is 0 Å². The second-order valence-corrected chi connectivity index (χ2v) is 0.925. The normalized spacial score (nSPS) is 3.54. The molecule has 0 saturated carbocycles. The molecule has 0 radical (unpaired) electrons. The molecule has 0 heterocycles. The number of esters is 1. The van der Waals surface area contributed by atoms with E-state index in [0.29, 0.717) is 6.61 Å². The molecule has 86 valence electrons. The average Bonchev–Trinajstić information content (AvgIpc) is 1.35. The van der Waals surface area contributed by atoms with E-state index in [9.17, 15) is 4.79 Å². The van der Waals surface area contributed by atoms with Crippen molar-refractivity contribution in [3.63, 3.8) is 0 Å². The second-order valence-electron chi connectivity index (χ2n) is 0.925. The molecule has 0 aromatic heterocycles. The van der Waals surface area contributed by atoms with E-state index >= 15 is 0 Å². The maximum Gasteiger partial charge on any atom is 0.302 e. The Morgan fingerprint density at radius 1 is 1.00 bits per heavy atom. The number of ether oxygens (including phenoxy) is 1. The van der Waals surface area contributed by atoms with E-state index in [1.165, 1.54) is 6.92 Å². The van der Waals surface area contributed by atoms with Crippen LogP contribution in [0.2, 0.25) is 0 Å². The maximum atomic E-state index is 9.82. The van der Waals surface area contributed by atoms with E-state index in [4.69, 9.17) is 0 Å². The summed E-state index contributed by atoms with van der Waals surface area (Å²) in [7, 11) is 0. The molecule has 12 N–H and O–H groups in total. The molecule has 0 aromatic carbocycles. The topological polar surface area (TPSA) is 215 Å². The summed E-state index contributed by atoms with van der Waals surface area (Å²) < 4.78 is 4.40. The smallest absolute Gasteiger partial charge is 0.302 e. The number of carbonyl (C=O) groups is 1. The summed E-state index contributed by atoms with van der Waals surface area (Å²) in [5.41, 5.74) is 0. The van der Waals surface area contributed by atoms with Crippen LogP contribution in [-0.4, -0.2) is 45.4 Å². The van der Waals surface area contributed by atoms with E-state index in [2.05, 4.69) is 4.74 Å². The van der Waals surface area contributed by atoms with Crippen molar-refractivity contribution in [2.75, 3.05) is 6.61 Å². The van der Waals surface area contributed by atoms with Crippen LogP contribution < -0.4 is 0 Å². The van der Waals surface area contributed by atoms with Crippen LogP contribution in [0.25, 0.3) is 0 Å². The molecule has 0 spiro atoms. The third-order valence-corrected chi connectivity index (χ3v) is 0.348. The Kier molecular flexibility index (Phi) is 350. The van der Waals surface area contributed by atoms with Crippen LogP contribution in [0.4, 0.5) is 0 Å². The summed E-state index contributed by atoms with van der Waals surface area (Å²) in [5, 5.41) is 0. The van der Waals surface area contributed by atoms with Gasteiger partial charge in [-0.3, -0.25) is 4.79 Å². The Balaban J connectivity index is -0.00000000595. The predicted octanol–water partition coefficient (Wildman–Crippen LogP) is -4.38. The Morgan fingerprint density at radius 2 is 1.23 bits per heavy atom. The number of carbonyl (C=O) groups excluding carboxylic acids is 1. The SMILES string of the molecule is CCOC(C)=O.O.O.O.O.O.O.[Zn]. The predicted molar refractivity (Wildman–Crippen MR) is 44.0 cm³/mol. The fourth-order valence-electron chi connectivity index (χ4n) is 0.203. The second kappa shape index (κ2) is 59.3. The zero-order chi connectivity index (χ0) is 4.99. The van der Waals surface area contributed by atoms with E-state index in [0.717, 1.165) is 0 Å². The number of hydrogen-bond donors (Lipinski definition) is 0. The Bertz CT molecular complexity index is 60.1. The molecular formula is C4H20O8Zn. The molecule has 13 heavy (non-hydrogen) atoms. The van der Waals surface area contributed by atoms with Gasteiger partial charge in [-0.2, -0.15) is 0 Å². The van der Waals surface area contributed by atoms with Gasteiger partial charge in [-0.15, -0.1) is 0 Å². The Hall–Kier alpha value is -0.147. The van der Waals surface area contributed by atoms with Crippen molar-refractivity contribution in [3.05, 3.63) is 0 Å². The minimum Gasteiger partial charge on any atom is -0.466 e. The van der Waals surface area contributed by atoms with Crippen LogP contribution in [0, 0.1) is 0 Å². The molecule has 0 fully saturated rings. The third kappa shape index (κ3) is 141. The Labute approximate surface area is 88.9 Å². The Morgan fingerprint density at radius 3 is 1.23 bits per heavy atom. The van der Waals surface area contributed by atoms with Gasteiger partial charge in [0.05, 0.1) is 6.61 Å². The van der Waals surface area contributed by atoms with Gasteiger partial charge in [0.25, 0.3) is 0 Å². The molecular weight excluding hydrogens is 241 g/mol. The quantitative estimate of drug-likeness (QED) is 0.337. The van der Waals surface area contributed by atoms with Crippen LogP contribution in [0.3, 0.4) is 0 Å². The summed E-state index contributed by atoms with van der Waals surface area (Å²) in [6, 6.07) is 0. The van der Waals surface area contributed by atoms with Gasteiger partial charge in [0.2, 0.25) is 0 Å². The van der Waals surface area contributed by atoms with E-state index in [1.807, 2.05) is 0 Å². The first kappa shape index (κ1) is 76.7. The first-order chi connectivity index (χ1) is 2.77. The molecule has 9 heteroatoms.